The van der Waals surface area contributed by atoms with E-state index in [1.165, 1.54) is 16.3 Å². The average molecular weight is 395 g/mol. The lowest BCUT2D eigenvalue weighted by Gasteiger charge is -2.07. The molecular formula is C16H13Br2NO. The molecule has 1 aromatic heterocycles. The quantitative estimate of drug-likeness (QED) is 0.653. The number of hydrogen-bond acceptors (Lipinski definition) is 2. The second kappa shape index (κ2) is 6.12. The van der Waals surface area contributed by atoms with Crippen LogP contribution in [-0.2, 0) is 13.1 Å². The van der Waals surface area contributed by atoms with Gasteiger partial charge in [0.2, 0.25) is 0 Å². The maximum Gasteiger partial charge on any atom is 0.183 e. The van der Waals surface area contributed by atoms with Gasteiger partial charge in [-0.25, -0.2) is 0 Å². The van der Waals surface area contributed by atoms with Crippen LogP contribution in [0, 0.1) is 0 Å². The molecule has 102 valence electrons. The van der Waals surface area contributed by atoms with Crippen molar-refractivity contribution in [2.45, 2.75) is 13.1 Å². The number of fused-ring (bicyclic) bond motifs is 1. The molecule has 0 aliphatic heterocycles. The molecule has 0 radical (unpaired) electrons. The van der Waals surface area contributed by atoms with E-state index >= 15 is 0 Å². The molecule has 3 rings (SSSR count). The van der Waals surface area contributed by atoms with Gasteiger partial charge in [0, 0.05) is 6.54 Å². The summed E-state index contributed by atoms with van der Waals surface area (Å²) in [4.78, 5) is 0. The summed E-state index contributed by atoms with van der Waals surface area (Å²) < 4.78 is 7.23. The SMILES string of the molecule is Brc1cc(CNCc2cccc3ccccc23)oc1Br. The lowest BCUT2D eigenvalue weighted by molar-refractivity contribution is 0.464. The Bertz CT molecular complexity index is 711. The van der Waals surface area contributed by atoms with Crippen molar-refractivity contribution in [3.8, 4) is 0 Å². The Balaban J connectivity index is 1.71. The first-order chi connectivity index (χ1) is 9.74. The molecule has 0 unspecified atom stereocenters. The zero-order valence-electron chi connectivity index (χ0n) is 10.7. The van der Waals surface area contributed by atoms with Gasteiger partial charge in [-0.1, -0.05) is 42.5 Å². The molecular weight excluding hydrogens is 382 g/mol. The standard InChI is InChI=1S/C16H13Br2NO/c17-15-8-13(20-16(15)18)10-19-9-12-6-3-5-11-4-1-2-7-14(11)12/h1-8,19H,9-10H2. The van der Waals surface area contributed by atoms with Crippen LogP contribution < -0.4 is 5.32 Å². The minimum atomic E-state index is 0.702. The monoisotopic (exact) mass is 393 g/mol. The van der Waals surface area contributed by atoms with Crippen molar-refractivity contribution in [1.82, 2.24) is 5.32 Å². The van der Waals surface area contributed by atoms with Crippen molar-refractivity contribution in [2.24, 2.45) is 0 Å². The van der Waals surface area contributed by atoms with Crippen LogP contribution in [0.4, 0.5) is 0 Å². The fourth-order valence-corrected chi connectivity index (χ4v) is 2.90. The first-order valence-corrected chi connectivity index (χ1v) is 7.94. The molecule has 1 N–H and O–H groups in total. The highest BCUT2D eigenvalue weighted by Gasteiger charge is 2.06. The largest absolute Gasteiger partial charge is 0.452 e. The number of hydrogen-bond donors (Lipinski definition) is 1. The van der Waals surface area contributed by atoms with Crippen LogP contribution in [0.15, 0.2) is 62.1 Å². The predicted octanol–water partition coefficient (Wildman–Crippen LogP) is 5.25. The van der Waals surface area contributed by atoms with Crippen LogP contribution in [0.2, 0.25) is 0 Å². The fraction of sp³-hybridized carbons (Fsp3) is 0.125. The molecule has 0 aliphatic rings. The predicted molar refractivity (Wildman–Crippen MR) is 88.6 cm³/mol. The molecule has 4 heteroatoms. The zero-order chi connectivity index (χ0) is 13.9. The number of halogens is 2. The molecule has 2 aromatic carbocycles. The number of rotatable bonds is 4. The Kier molecular flexibility index (Phi) is 4.24. The van der Waals surface area contributed by atoms with Gasteiger partial charge in [-0.2, -0.15) is 0 Å². The minimum Gasteiger partial charge on any atom is -0.452 e. The van der Waals surface area contributed by atoms with Crippen LogP contribution in [0.1, 0.15) is 11.3 Å². The summed E-state index contributed by atoms with van der Waals surface area (Å²) in [5, 5.41) is 5.98. The third-order valence-corrected chi connectivity index (χ3v) is 4.90. The van der Waals surface area contributed by atoms with Crippen LogP contribution in [0.5, 0.6) is 0 Å². The second-order valence-electron chi connectivity index (χ2n) is 4.58. The summed E-state index contributed by atoms with van der Waals surface area (Å²) >= 11 is 6.76. The van der Waals surface area contributed by atoms with Gasteiger partial charge in [0.25, 0.3) is 0 Å². The number of nitrogens with one attached hydrogen (secondary N) is 1. The van der Waals surface area contributed by atoms with Crippen molar-refractivity contribution >= 4 is 42.6 Å². The molecule has 0 atom stereocenters. The van der Waals surface area contributed by atoms with Crippen molar-refractivity contribution in [3.05, 3.63) is 69.0 Å². The van der Waals surface area contributed by atoms with E-state index in [0.717, 1.165) is 21.4 Å². The van der Waals surface area contributed by atoms with E-state index in [4.69, 9.17) is 4.42 Å². The van der Waals surface area contributed by atoms with E-state index in [2.05, 4.69) is 79.6 Å². The summed E-state index contributed by atoms with van der Waals surface area (Å²) in [6, 6.07) is 16.8. The van der Waals surface area contributed by atoms with E-state index in [9.17, 15) is 0 Å². The molecule has 0 amide bonds. The summed E-state index contributed by atoms with van der Waals surface area (Å²) in [6.07, 6.45) is 0. The second-order valence-corrected chi connectivity index (χ2v) is 6.15. The molecule has 0 spiro atoms. The van der Waals surface area contributed by atoms with Gasteiger partial charge < -0.3 is 9.73 Å². The van der Waals surface area contributed by atoms with Gasteiger partial charge in [-0.15, -0.1) is 0 Å². The highest BCUT2D eigenvalue weighted by molar-refractivity contribution is 9.13. The first kappa shape index (κ1) is 13.9. The van der Waals surface area contributed by atoms with E-state index < -0.39 is 0 Å². The molecule has 0 fully saturated rings. The highest BCUT2D eigenvalue weighted by atomic mass is 79.9. The Morgan fingerprint density at radius 2 is 1.75 bits per heavy atom. The minimum absolute atomic E-state index is 0.702. The molecule has 0 saturated carbocycles. The lowest BCUT2D eigenvalue weighted by Crippen LogP contribution is -2.12. The van der Waals surface area contributed by atoms with Gasteiger partial charge >= 0.3 is 0 Å². The molecule has 2 nitrogen and oxygen atoms in total. The third-order valence-electron chi connectivity index (χ3n) is 3.19. The van der Waals surface area contributed by atoms with Crippen LogP contribution >= 0.6 is 31.9 Å². The van der Waals surface area contributed by atoms with Crippen molar-refractivity contribution < 1.29 is 4.42 Å². The van der Waals surface area contributed by atoms with Gasteiger partial charge in [0.05, 0.1) is 11.0 Å². The summed E-state index contributed by atoms with van der Waals surface area (Å²) in [6.45, 7) is 1.52. The van der Waals surface area contributed by atoms with E-state index in [-0.39, 0.29) is 0 Å². The maximum absolute atomic E-state index is 5.55. The van der Waals surface area contributed by atoms with Crippen molar-refractivity contribution in [1.29, 1.82) is 0 Å². The van der Waals surface area contributed by atoms with Gasteiger partial charge in [-0.3, -0.25) is 0 Å². The van der Waals surface area contributed by atoms with Crippen LogP contribution in [0.25, 0.3) is 10.8 Å². The van der Waals surface area contributed by atoms with Gasteiger partial charge in [0.1, 0.15) is 5.76 Å². The molecule has 20 heavy (non-hydrogen) atoms. The fourth-order valence-electron chi connectivity index (χ4n) is 2.25. The summed E-state index contributed by atoms with van der Waals surface area (Å²) in [5.41, 5.74) is 1.30. The first-order valence-electron chi connectivity index (χ1n) is 6.35. The number of benzene rings is 2. The van der Waals surface area contributed by atoms with Crippen LogP contribution in [0.3, 0.4) is 0 Å². The van der Waals surface area contributed by atoms with Crippen molar-refractivity contribution in [2.75, 3.05) is 0 Å². The average Bonchev–Trinajstić information content (AvgIpc) is 2.78. The number of furan rings is 1. The Morgan fingerprint density at radius 3 is 2.55 bits per heavy atom. The Hall–Kier alpha value is -1.10. The molecule has 3 aromatic rings. The summed E-state index contributed by atoms with van der Waals surface area (Å²) in [5.74, 6) is 0.906. The van der Waals surface area contributed by atoms with Gasteiger partial charge in [0.15, 0.2) is 4.67 Å². The summed E-state index contributed by atoms with van der Waals surface area (Å²) in [7, 11) is 0. The van der Waals surface area contributed by atoms with Crippen LogP contribution in [-0.4, -0.2) is 0 Å². The zero-order valence-corrected chi connectivity index (χ0v) is 13.9. The topological polar surface area (TPSA) is 25.2 Å². The molecule has 0 saturated heterocycles. The Morgan fingerprint density at radius 1 is 0.950 bits per heavy atom. The lowest BCUT2D eigenvalue weighted by atomic mass is 10.0. The van der Waals surface area contributed by atoms with Gasteiger partial charge in [-0.05, 0) is 54.3 Å². The molecule has 0 bridgehead atoms. The smallest absolute Gasteiger partial charge is 0.183 e. The molecule has 0 aliphatic carbocycles. The highest BCUT2D eigenvalue weighted by Crippen LogP contribution is 2.26. The Labute approximate surface area is 134 Å². The third kappa shape index (κ3) is 2.97. The van der Waals surface area contributed by atoms with Crippen molar-refractivity contribution in [3.63, 3.8) is 0 Å². The normalized spacial score (nSPS) is 11.1. The van der Waals surface area contributed by atoms with E-state index in [1.54, 1.807) is 0 Å². The van der Waals surface area contributed by atoms with E-state index in [1.807, 2.05) is 6.07 Å². The maximum atomic E-state index is 5.55. The van der Waals surface area contributed by atoms with E-state index in [0.29, 0.717) is 6.54 Å². The molecule has 1 heterocycles.